The summed E-state index contributed by atoms with van der Waals surface area (Å²) in [6, 6.07) is 1.78. The highest BCUT2D eigenvalue weighted by Gasteiger charge is 2.02. The van der Waals surface area contributed by atoms with Crippen LogP contribution < -0.4 is 0 Å². The molecule has 0 amide bonds. The van der Waals surface area contributed by atoms with Gasteiger partial charge in [0, 0.05) is 6.20 Å². The Hall–Kier alpha value is -1.27. The molecule has 1 N–H and O–H groups in total. The molecule has 0 unspecified atom stereocenters. The van der Waals surface area contributed by atoms with Gasteiger partial charge in [-0.05, 0) is 0 Å². The number of rotatable bonds is 0. The minimum absolute atomic E-state index is 0.0532. The van der Waals surface area contributed by atoms with Crippen LogP contribution in [0.3, 0.4) is 0 Å². The van der Waals surface area contributed by atoms with E-state index >= 15 is 0 Å². The third-order valence-corrected chi connectivity index (χ3v) is 1.38. The average Bonchev–Trinajstić information content (AvgIpc) is 1.95. The summed E-state index contributed by atoms with van der Waals surface area (Å²) in [5.41, 5.74) is 0.182. The lowest BCUT2D eigenvalue weighted by atomic mass is 10.3. The maximum atomic E-state index is 8.89. The highest BCUT2D eigenvalue weighted by atomic mass is 35.5. The van der Waals surface area contributed by atoms with Crippen LogP contribution in [0.2, 0.25) is 5.02 Å². The van der Waals surface area contributed by atoms with E-state index in [1.807, 2.05) is 0 Å². The summed E-state index contributed by atoms with van der Waals surface area (Å²) in [7, 11) is 0. The highest BCUT2D eigenvalue weighted by Crippen LogP contribution is 2.23. The van der Waals surface area contributed by atoms with Gasteiger partial charge in [-0.15, -0.1) is 0 Å². The Labute approximate surface area is 62.5 Å². The molecule has 0 saturated carbocycles. The quantitative estimate of drug-likeness (QED) is 0.613. The topological polar surface area (TPSA) is 56.9 Å². The predicted octanol–water partition coefficient (Wildman–Crippen LogP) is 1.31. The Bertz CT molecular complexity index is 292. The number of nitriles is 1. The maximum Gasteiger partial charge on any atom is 0.153 e. The lowest BCUT2D eigenvalue weighted by molar-refractivity contribution is 0.472. The van der Waals surface area contributed by atoms with Crippen molar-refractivity contribution in [3.05, 3.63) is 23.0 Å². The van der Waals surface area contributed by atoms with Crippen LogP contribution in [0.4, 0.5) is 0 Å². The Balaban J connectivity index is 3.31. The lowest BCUT2D eigenvalue weighted by Crippen LogP contribution is -1.79. The van der Waals surface area contributed by atoms with E-state index in [2.05, 4.69) is 4.98 Å². The molecule has 4 heteroatoms. The fourth-order valence-corrected chi connectivity index (χ4v) is 0.652. The molecular formula is C6H3ClN2O. The van der Waals surface area contributed by atoms with Gasteiger partial charge >= 0.3 is 0 Å². The molecule has 0 atom stereocenters. The zero-order chi connectivity index (χ0) is 7.56. The van der Waals surface area contributed by atoms with Crippen molar-refractivity contribution in [2.45, 2.75) is 0 Å². The van der Waals surface area contributed by atoms with Crippen molar-refractivity contribution in [1.29, 1.82) is 5.26 Å². The third-order valence-electron chi connectivity index (χ3n) is 0.982. The van der Waals surface area contributed by atoms with Crippen molar-refractivity contribution in [1.82, 2.24) is 4.98 Å². The van der Waals surface area contributed by atoms with Gasteiger partial charge in [0.2, 0.25) is 0 Å². The first-order chi connectivity index (χ1) is 4.75. The molecule has 1 heterocycles. The number of nitrogens with zero attached hydrogens (tertiary/aromatic N) is 2. The van der Waals surface area contributed by atoms with Crippen molar-refractivity contribution in [2.75, 3.05) is 0 Å². The van der Waals surface area contributed by atoms with Crippen LogP contribution in [0.1, 0.15) is 5.56 Å². The van der Waals surface area contributed by atoms with Crippen molar-refractivity contribution >= 4 is 11.6 Å². The molecule has 1 aromatic heterocycles. The van der Waals surface area contributed by atoms with Crippen molar-refractivity contribution in [3.8, 4) is 11.8 Å². The molecule has 1 aromatic rings. The fraction of sp³-hybridized carbons (Fsp3) is 0. The van der Waals surface area contributed by atoms with E-state index in [-0.39, 0.29) is 16.3 Å². The smallest absolute Gasteiger partial charge is 0.153 e. The second-order valence-corrected chi connectivity index (χ2v) is 2.01. The minimum atomic E-state index is -0.166. The highest BCUT2D eigenvalue weighted by molar-refractivity contribution is 6.33. The van der Waals surface area contributed by atoms with Gasteiger partial charge < -0.3 is 5.11 Å². The monoisotopic (exact) mass is 154 g/mol. The molecule has 3 nitrogen and oxygen atoms in total. The summed E-state index contributed by atoms with van der Waals surface area (Å²) in [6.07, 6.45) is 2.48. The number of hydrogen-bond donors (Lipinski definition) is 1. The van der Waals surface area contributed by atoms with Crippen molar-refractivity contribution in [3.63, 3.8) is 0 Å². The van der Waals surface area contributed by atoms with E-state index in [9.17, 15) is 0 Å². The Morgan fingerprint density at radius 2 is 2.30 bits per heavy atom. The minimum Gasteiger partial charge on any atom is -0.505 e. The molecular weight excluding hydrogens is 152 g/mol. The second-order valence-electron chi connectivity index (χ2n) is 1.63. The molecule has 0 saturated heterocycles. The molecule has 10 heavy (non-hydrogen) atoms. The van der Waals surface area contributed by atoms with E-state index in [0.717, 1.165) is 0 Å². The summed E-state index contributed by atoms with van der Waals surface area (Å²) >= 11 is 5.48. The molecule has 1 rings (SSSR count). The molecule has 0 aliphatic rings. The maximum absolute atomic E-state index is 8.89. The van der Waals surface area contributed by atoms with E-state index in [0.29, 0.717) is 0 Å². The molecule has 0 aliphatic carbocycles. The van der Waals surface area contributed by atoms with E-state index in [4.69, 9.17) is 22.0 Å². The molecule has 0 aliphatic heterocycles. The zero-order valence-corrected chi connectivity index (χ0v) is 5.63. The van der Waals surface area contributed by atoms with Gasteiger partial charge in [-0.2, -0.15) is 5.26 Å². The molecule has 0 fully saturated rings. The van der Waals surface area contributed by atoms with Gasteiger partial charge in [0.15, 0.2) is 5.75 Å². The van der Waals surface area contributed by atoms with Crippen molar-refractivity contribution < 1.29 is 5.11 Å². The molecule has 0 aromatic carbocycles. The average molecular weight is 155 g/mol. The number of halogens is 1. The number of hydrogen-bond acceptors (Lipinski definition) is 3. The van der Waals surface area contributed by atoms with Crippen LogP contribution in [0.15, 0.2) is 12.4 Å². The van der Waals surface area contributed by atoms with E-state index in [1.165, 1.54) is 12.4 Å². The Morgan fingerprint density at radius 3 is 2.80 bits per heavy atom. The van der Waals surface area contributed by atoms with E-state index < -0.39 is 0 Å². The molecule has 0 spiro atoms. The Kier molecular flexibility index (Phi) is 1.74. The standard InChI is InChI=1S/C6H3ClN2O/c7-6-4(1-8)2-9-3-5(6)10/h2-3,10H. The molecule has 50 valence electrons. The van der Waals surface area contributed by atoms with Crippen LogP contribution in [-0.2, 0) is 0 Å². The normalized spacial score (nSPS) is 8.80. The largest absolute Gasteiger partial charge is 0.505 e. The van der Waals surface area contributed by atoms with Gasteiger partial charge in [-0.25, -0.2) is 0 Å². The predicted molar refractivity (Wildman–Crippen MR) is 35.6 cm³/mol. The van der Waals surface area contributed by atoms with Crippen LogP contribution in [0.25, 0.3) is 0 Å². The summed E-state index contributed by atoms with van der Waals surface area (Å²) in [4.78, 5) is 3.56. The summed E-state index contributed by atoms with van der Waals surface area (Å²) < 4.78 is 0. The van der Waals surface area contributed by atoms with Crippen LogP contribution in [-0.4, -0.2) is 10.1 Å². The molecule has 0 radical (unpaired) electrons. The van der Waals surface area contributed by atoms with Crippen molar-refractivity contribution in [2.24, 2.45) is 0 Å². The van der Waals surface area contributed by atoms with Gasteiger partial charge in [-0.1, -0.05) is 11.6 Å². The zero-order valence-electron chi connectivity index (χ0n) is 4.87. The van der Waals surface area contributed by atoms with Crippen LogP contribution >= 0.6 is 11.6 Å². The first-order valence-corrected chi connectivity index (χ1v) is 2.86. The summed E-state index contributed by atoms with van der Waals surface area (Å²) in [5.74, 6) is -0.166. The number of aromatic hydroxyl groups is 1. The second kappa shape index (κ2) is 2.54. The number of aromatic nitrogens is 1. The third kappa shape index (κ3) is 1.02. The number of pyridine rings is 1. The van der Waals surface area contributed by atoms with Gasteiger partial charge in [-0.3, -0.25) is 4.98 Å². The van der Waals surface area contributed by atoms with Gasteiger partial charge in [0.05, 0.1) is 11.8 Å². The van der Waals surface area contributed by atoms with Crippen LogP contribution in [0, 0.1) is 11.3 Å². The van der Waals surface area contributed by atoms with Gasteiger partial charge in [0.1, 0.15) is 11.1 Å². The fourth-order valence-electron chi connectivity index (χ4n) is 0.512. The Morgan fingerprint density at radius 1 is 1.60 bits per heavy atom. The first kappa shape index (κ1) is 6.84. The van der Waals surface area contributed by atoms with Crippen LogP contribution in [0.5, 0.6) is 5.75 Å². The molecule has 0 bridgehead atoms. The van der Waals surface area contributed by atoms with Gasteiger partial charge in [0.25, 0.3) is 0 Å². The summed E-state index contributed by atoms with van der Waals surface area (Å²) in [6.45, 7) is 0. The lowest BCUT2D eigenvalue weighted by Gasteiger charge is -1.94. The summed E-state index contributed by atoms with van der Waals surface area (Å²) in [5, 5.41) is 17.3. The van der Waals surface area contributed by atoms with E-state index in [1.54, 1.807) is 6.07 Å². The SMILES string of the molecule is N#Cc1cncc(O)c1Cl. The first-order valence-electron chi connectivity index (χ1n) is 2.48.